The van der Waals surface area contributed by atoms with Gasteiger partial charge in [0.25, 0.3) is 11.8 Å². The van der Waals surface area contributed by atoms with Gasteiger partial charge in [0.05, 0.1) is 0 Å². The van der Waals surface area contributed by atoms with Crippen LogP contribution in [0.1, 0.15) is 12.7 Å². The molecule has 0 radical (unpaired) electrons. The molecule has 3 rings (SSSR count). The molecule has 7 heteroatoms. The van der Waals surface area contributed by atoms with E-state index in [1.807, 2.05) is 31.2 Å². The lowest BCUT2D eigenvalue weighted by Gasteiger charge is -2.08. The van der Waals surface area contributed by atoms with Crippen LogP contribution in [0, 0.1) is 0 Å². The molecule has 128 valence electrons. The average Bonchev–Trinajstić information content (AvgIpc) is 3.11. The second-order valence-electron chi connectivity index (χ2n) is 5.24. The number of carbonyl (C=O) groups excluding carboxylic acids is 1. The zero-order valence-corrected chi connectivity index (χ0v) is 15.1. The van der Waals surface area contributed by atoms with E-state index in [-0.39, 0.29) is 12.5 Å². The Balaban J connectivity index is 1.55. The van der Waals surface area contributed by atoms with E-state index in [2.05, 4.69) is 31.4 Å². The molecule has 2 aromatic carbocycles. The molecule has 0 aliphatic carbocycles. The van der Waals surface area contributed by atoms with Crippen LogP contribution in [-0.4, -0.2) is 22.7 Å². The summed E-state index contributed by atoms with van der Waals surface area (Å²) < 4.78 is 11.6. The zero-order chi connectivity index (χ0) is 17.6. The number of aromatic nitrogens is 2. The number of ether oxygens (including phenoxy) is 1. The van der Waals surface area contributed by atoms with Crippen LogP contribution in [-0.2, 0) is 11.2 Å². The number of benzene rings is 2. The van der Waals surface area contributed by atoms with Gasteiger partial charge in [-0.15, -0.1) is 0 Å². The summed E-state index contributed by atoms with van der Waals surface area (Å²) in [4.78, 5) is 16.2. The number of nitrogens with zero attached hydrogens (tertiary/aromatic N) is 2. The van der Waals surface area contributed by atoms with Crippen LogP contribution < -0.4 is 10.1 Å². The Morgan fingerprint density at radius 1 is 1.16 bits per heavy atom. The second kappa shape index (κ2) is 7.94. The molecule has 0 saturated carbocycles. The van der Waals surface area contributed by atoms with Crippen molar-refractivity contribution < 1.29 is 14.1 Å². The highest BCUT2D eigenvalue weighted by Crippen LogP contribution is 2.20. The maximum absolute atomic E-state index is 12.0. The van der Waals surface area contributed by atoms with Crippen molar-refractivity contribution >= 4 is 27.5 Å². The Morgan fingerprint density at radius 3 is 2.52 bits per heavy atom. The first-order valence-electron chi connectivity index (χ1n) is 7.75. The summed E-state index contributed by atoms with van der Waals surface area (Å²) in [6.45, 7) is 1.90. The van der Waals surface area contributed by atoms with Gasteiger partial charge in [-0.2, -0.15) is 4.98 Å². The number of hydrogen-bond acceptors (Lipinski definition) is 5. The predicted octanol–water partition coefficient (Wildman–Crippen LogP) is 4.08. The van der Waals surface area contributed by atoms with Crippen molar-refractivity contribution in [3.63, 3.8) is 0 Å². The number of carbonyl (C=O) groups is 1. The molecule has 1 heterocycles. The van der Waals surface area contributed by atoms with E-state index in [0.717, 1.165) is 16.5 Å². The number of anilines is 1. The van der Waals surface area contributed by atoms with Crippen molar-refractivity contribution in [1.82, 2.24) is 10.1 Å². The third-order valence-corrected chi connectivity index (χ3v) is 3.91. The fraction of sp³-hybridized carbons (Fsp3) is 0.167. The van der Waals surface area contributed by atoms with Crippen molar-refractivity contribution in [2.24, 2.45) is 0 Å². The first-order chi connectivity index (χ1) is 12.1. The second-order valence-corrected chi connectivity index (χ2v) is 6.15. The fourth-order valence-electron chi connectivity index (χ4n) is 2.09. The van der Waals surface area contributed by atoms with Crippen LogP contribution in [0.4, 0.5) is 5.69 Å². The van der Waals surface area contributed by atoms with Crippen molar-refractivity contribution in [2.75, 3.05) is 11.9 Å². The number of rotatable bonds is 6. The van der Waals surface area contributed by atoms with E-state index in [9.17, 15) is 4.79 Å². The van der Waals surface area contributed by atoms with Gasteiger partial charge in [-0.1, -0.05) is 28.0 Å². The van der Waals surface area contributed by atoms with E-state index in [1.165, 1.54) is 0 Å². The van der Waals surface area contributed by atoms with Crippen LogP contribution in [0.2, 0.25) is 0 Å². The van der Waals surface area contributed by atoms with E-state index >= 15 is 0 Å². The highest BCUT2D eigenvalue weighted by atomic mass is 79.9. The fourth-order valence-corrected chi connectivity index (χ4v) is 2.35. The Labute approximate surface area is 153 Å². The van der Waals surface area contributed by atoms with E-state index in [1.54, 1.807) is 24.3 Å². The summed E-state index contributed by atoms with van der Waals surface area (Å²) in [5.41, 5.74) is 1.47. The van der Waals surface area contributed by atoms with Crippen LogP contribution in [0.5, 0.6) is 5.75 Å². The van der Waals surface area contributed by atoms with E-state index in [0.29, 0.717) is 23.2 Å². The zero-order valence-electron chi connectivity index (χ0n) is 13.5. The Bertz CT molecular complexity index is 845. The van der Waals surface area contributed by atoms with Crippen molar-refractivity contribution in [3.05, 3.63) is 58.8 Å². The molecular weight excluding hydrogens is 386 g/mol. The Hall–Kier alpha value is -2.67. The SMILES string of the molecule is CCc1noc(-c2ccc(NC(=O)COc3ccc(Br)cc3)cc2)n1. The lowest BCUT2D eigenvalue weighted by atomic mass is 10.2. The first kappa shape index (κ1) is 17.2. The summed E-state index contributed by atoms with van der Waals surface area (Å²) in [6.07, 6.45) is 0.718. The highest BCUT2D eigenvalue weighted by Gasteiger charge is 2.08. The molecule has 1 N–H and O–H groups in total. The molecule has 0 spiro atoms. The predicted molar refractivity (Wildman–Crippen MR) is 97.4 cm³/mol. The molecule has 0 aliphatic heterocycles. The topological polar surface area (TPSA) is 77.2 Å². The van der Waals surface area contributed by atoms with Crippen molar-refractivity contribution in [2.45, 2.75) is 13.3 Å². The smallest absolute Gasteiger partial charge is 0.262 e. The highest BCUT2D eigenvalue weighted by molar-refractivity contribution is 9.10. The van der Waals surface area contributed by atoms with Gasteiger partial charge in [0, 0.05) is 22.1 Å². The van der Waals surface area contributed by atoms with Gasteiger partial charge >= 0.3 is 0 Å². The van der Waals surface area contributed by atoms with Gasteiger partial charge < -0.3 is 14.6 Å². The molecule has 25 heavy (non-hydrogen) atoms. The van der Waals surface area contributed by atoms with Crippen LogP contribution >= 0.6 is 15.9 Å². The maximum atomic E-state index is 12.0. The average molecular weight is 402 g/mol. The van der Waals surface area contributed by atoms with Gasteiger partial charge in [0.2, 0.25) is 0 Å². The molecule has 6 nitrogen and oxygen atoms in total. The number of halogens is 1. The molecular formula is C18H16BrN3O3. The first-order valence-corrected chi connectivity index (χ1v) is 8.54. The molecule has 3 aromatic rings. The lowest BCUT2D eigenvalue weighted by molar-refractivity contribution is -0.118. The molecule has 1 amide bonds. The van der Waals surface area contributed by atoms with Crippen LogP contribution in [0.15, 0.2) is 57.5 Å². The van der Waals surface area contributed by atoms with Crippen molar-refractivity contribution in [3.8, 4) is 17.2 Å². The normalized spacial score (nSPS) is 10.5. The molecule has 0 aliphatic rings. The minimum atomic E-state index is -0.235. The van der Waals surface area contributed by atoms with Gasteiger partial charge in [-0.25, -0.2) is 0 Å². The molecule has 0 unspecified atom stereocenters. The maximum Gasteiger partial charge on any atom is 0.262 e. The van der Waals surface area contributed by atoms with Crippen LogP contribution in [0.3, 0.4) is 0 Å². The molecule has 0 saturated heterocycles. The molecule has 0 bridgehead atoms. The number of hydrogen-bond donors (Lipinski definition) is 1. The standard InChI is InChI=1S/C18H16BrN3O3/c1-2-16-21-18(25-22-16)12-3-7-14(8-4-12)20-17(23)11-24-15-9-5-13(19)6-10-15/h3-10H,2,11H2,1H3,(H,20,23). The number of nitrogens with one attached hydrogen (secondary N) is 1. The molecule has 1 aromatic heterocycles. The summed E-state index contributed by atoms with van der Waals surface area (Å²) in [5.74, 6) is 1.53. The summed E-state index contributed by atoms with van der Waals surface area (Å²) in [7, 11) is 0. The third kappa shape index (κ3) is 4.67. The summed E-state index contributed by atoms with van der Waals surface area (Å²) in [6, 6.07) is 14.5. The third-order valence-electron chi connectivity index (χ3n) is 3.38. The van der Waals surface area contributed by atoms with Gasteiger partial charge in [0.15, 0.2) is 12.4 Å². The number of amides is 1. The van der Waals surface area contributed by atoms with Gasteiger partial charge in [-0.05, 0) is 48.5 Å². The Morgan fingerprint density at radius 2 is 1.88 bits per heavy atom. The lowest BCUT2D eigenvalue weighted by Crippen LogP contribution is -2.20. The minimum Gasteiger partial charge on any atom is -0.484 e. The summed E-state index contributed by atoms with van der Waals surface area (Å²) >= 11 is 3.35. The minimum absolute atomic E-state index is 0.0626. The van der Waals surface area contributed by atoms with Gasteiger partial charge in [0.1, 0.15) is 5.75 Å². The van der Waals surface area contributed by atoms with E-state index in [4.69, 9.17) is 9.26 Å². The molecule has 0 atom stereocenters. The Kier molecular flexibility index (Phi) is 5.45. The van der Waals surface area contributed by atoms with Crippen molar-refractivity contribution in [1.29, 1.82) is 0 Å². The van der Waals surface area contributed by atoms with Gasteiger partial charge in [-0.3, -0.25) is 4.79 Å². The van der Waals surface area contributed by atoms with Crippen LogP contribution in [0.25, 0.3) is 11.5 Å². The summed E-state index contributed by atoms with van der Waals surface area (Å²) in [5, 5.41) is 6.64. The quantitative estimate of drug-likeness (QED) is 0.673. The largest absolute Gasteiger partial charge is 0.484 e. The van der Waals surface area contributed by atoms with E-state index < -0.39 is 0 Å². The monoisotopic (exact) mass is 401 g/mol. The molecule has 0 fully saturated rings. The number of aryl methyl sites for hydroxylation is 1.